The highest BCUT2D eigenvalue weighted by Crippen LogP contribution is 2.67. The third kappa shape index (κ3) is 11.6. The Kier molecular flexibility index (Phi) is 17.5. The highest BCUT2D eigenvalue weighted by Gasteiger charge is 2.54. The zero-order valence-corrected chi connectivity index (χ0v) is 73.3. The number of hydrogen-bond acceptors (Lipinski definition) is 4. The average molecular weight is 1700 g/mol. The molecule has 0 fully saturated rings. The maximum Gasteiger partial charge on any atom is 0.0755 e. The molecule has 23 aromatic rings. The minimum absolute atomic E-state index is 0.677. The predicted molar refractivity (Wildman–Crippen MR) is 562 cm³/mol. The molecule has 0 atom stereocenters. The van der Waals surface area contributed by atoms with E-state index in [0.29, 0.717) is 0 Å². The summed E-state index contributed by atoms with van der Waals surface area (Å²) in [7, 11) is 0. The van der Waals surface area contributed by atoms with Gasteiger partial charge in [0.15, 0.2) is 0 Å². The van der Waals surface area contributed by atoms with Gasteiger partial charge in [-0.1, -0.05) is 394 Å². The molecule has 0 radical (unpaired) electrons. The molecule has 2 heterocycles. The Balaban J connectivity index is 0.591. The lowest BCUT2D eigenvalue weighted by Gasteiger charge is -2.45. The Morgan fingerprint density at radius 3 is 0.978 bits per heavy atom. The van der Waals surface area contributed by atoms with E-state index in [-0.39, 0.29) is 0 Å². The topological polar surface area (TPSA) is 13.0 Å². The molecule has 0 aromatic heterocycles. The van der Waals surface area contributed by atoms with Crippen molar-refractivity contribution in [3.05, 3.63) is 554 Å². The number of fused-ring (bicyclic) bond motifs is 27. The van der Waals surface area contributed by atoms with Crippen molar-refractivity contribution in [1.82, 2.24) is 0 Å². The fraction of sp³-hybridized carbons (Fsp3) is 0.0154. The molecule has 23 aromatic carbocycles. The second kappa shape index (κ2) is 30.6. The summed E-state index contributed by atoms with van der Waals surface area (Å²) >= 11 is 0. The smallest absolute Gasteiger partial charge is 0.0755 e. The SMILES string of the molecule is c1ccc(-c2ccc(-c3ccccc3N(c3ccc4c(c3)C3(c5ccccc5-4)c4ccccc4N(c4cccc(-c5ccc6c7ccc(N(c8ccc9c(c8)C8(c%10ccccc%10-9)c9ccccc9N(c9ccccc9)c9ccccc98)c8ccccc8-c8ccc(-c9ccccc9)cc8)cc7c7ccccc7c6c5)c4)c4ccccc43)c3ccc4c(ccc5ccccc54)c3)cc2)cc1. The number of rotatable bonds is 13. The molecule has 0 saturated heterocycles. The van der Waals surface area contributed by atoms with E-state index in [2.05, 4.69) is 529 Å². The van der Waals surface area contributed by atoms with Crippen LogP contribution in [0.3, 0.4) is 0 Å². The molecule has 2 aliphatic carbocycles. The molecule has 0 bridgehead atoms. The zero-order valence-electron chi connectivity index (χ0n) is 73.3. The molecule has 0 amide bonds. The molecule has 0 unspecified atom stereocenters. The molecule has 27 rings (SSSR count). The summed E-state index contributed by atoms with van der Waals surface area (Å²) in [4.78, 5) is 10.1. The molecule has 2 spiro atoms. The third-order valence-electron chi connectivity index (χ3n) is 29.2. The highest BCUT2D eigenvalue weighted by atomic mass is 15.2. The highest BCUT2D eigenvalue weighted by molar-refractivity contribution is 6.27. The maximum atomic E-state index is 2.54. The van der Waals surface area contributed by atoms with Gasteiger partial charge in [-0.15, -0.1) is 0 Å². The summed E-state index contributed by atoms with van der Waals surface area (Å²) in [5, 5.41) is 12.1. The lowest BCUT2D eigenvalue weighted by atomic mass is 9.64. The van der Waals surface area contributed by atoms with Crippen LogP contribution in [0.4, 0.5) is 68.2 Å². The van der Waals surface area contributed by atoms with Crippen molar-refractivity contribution in [2.24, 2.45) is 0 Å². The fourth-order valence-corrected chi connectivity index (χ4v) is 23.5. The second-order valence-electron chi connectivity index (χ2n) is 36.0. The van der Waals surface area contributed by atoms with Crippen LogP contribution in [0, 0.1) is 0 Å². The minimum atomic E-state index is -0.730. The van der Waals surface area contributed by atoms with Gasteiger partial charge in [0.2, 0.25) is 0 Å². The van der Waals surface area contributed by atoms with Crippen LogP contribution in [-0.2, 0) is 10.8 Å². The van der Waals surface area contributed by atoms with Crippen LogP contribution in [0.15, 0.2) is 510 Å². The molecule has 0 saturated carbocycles. The first-order valence-electron chi connectivity index (χ1n) is 46.5. The maximum absolute atomic E-state index is 2.54. The van der Waals surface area contributed by atoms with Crippen LogP contribution < -0.4 is 19.6 Å². The van der Waals surface area contributed by atoms with E-state index in [9.17, 15) is 0 Å². The number of nitrogens with zero attached hydrogens (tertiary/aromatic N) is 4. The lowest BCUT2D eigenvalue weighted by molar-refractivity contribution is 0.752. The van der Waals surface area contributed by atoms with Gasteiger partial charge in [-0.05, 0) is 280 Å². The van der Waals surface area contributed by atoms with Crippen LogP contribution in [0.1, 0.15) is 44.5 Å². The molecule has 4 aliphatic rings. The van der Waals surface area contributed by atoms with Crippen molar-refractivity contribution in [2.45, 2.75) is 10.8 Å². The van der Waals surface area contributed by atoms with E-state index >= 15 is 0 Å². The van der Waals surface area contributed by atoms with E-state index < -0.39 is 10.8 Å². The van der Waals surface area contributed by atoms with Crippen LogP contribution in [0.5, 0.6) is 0 Å². The Bertz CT molecular complexity index is 8600. The van der Waals surface area contributed by atoms with Gasteiger partial charge in [0.05, 0.1) is 45.0 Å². The van der Waals surface area contributed by atoms with Gasteiger partial charge in [0, 0.05) is 45.3 Å². The van der Waals surface area contributed by atoms with Crippen molar-refractivity contribution in [2.75, 3.05) is 19.6 Å². The molecular formula is C130H84N4. The summed E-state index contributed by atoms with van der Waals surface area (Å²) in [6.07, 6.45) is 0. The number of benzene rings is 23. The molecule has 0 N–H and O–H groups in total. The summed E-state index contributed by atoms with van der Waals surface area (Å²) in [5.41, 5.74) is 38.4. The Hall–Kier alpha value is -17.4. The number of anilines is 12. The first kappa shape index (κ1) is 76.6. The van der Waals surface area contributed by atoms with Gasteiger partial charge in [0.1, 0.15) is 0 Å². The first-order valence-corrected chi connectivity index (χ1v) is 46.5. The van der Waals surface area contributed by atoms with Gasteiger partial charge in [-0.2, -0.15) is 0 Å². The zero-order chi connectivity index (χ0) is 88.1. The van der Waals surface area contributed by atoms with Crippen molar-refractivity contribution in [3.8, 4) is 77.9 Å². The van der Waals surface area contributed by atoms with Gasteiger partial charge >= 0.3 is 0 Å². The van der Waals surface area contributed by atoms with Crippen LogP contribution in [0.25, 0.3) is 132 Å². The Morgan fingerprint density at radius 1 is 0.149 bits per heavy atom. The van der Waals surface area contributed by atoms with E-state index in [1.54, 1.807) is 0 Å². The van der Waals surface area contributed by atoms with E-state index in [1.807, 2.05) is 0 Å². The Morgan fingerprint density at radius 2 is 0.463 bits per heavy atom. The number of para-hydroxylation sites is 7. The first-order chi connectivity index (χ1) is 66.5. The molecule has 4 nitrogen and oxygen atoms in total. The monoisotopic (exact) mass is 1700 g/mol. The largest absolute Gasteiger partial charge is 0.310 e. The normalized spacial score (nSPS) is 13.2. The number of hydrogen-bond donors (Lipinski definition) is 0. The van der Waals surface area contributed by atoms with Gasteiger partial charge < -0.3 is 19.6 Å². The van der Waals surface area contributed by atoms with Gasteiger partial charge in [-0.3, -0.25) is 0 Å². The standard InChI is InChI=1S/C130H84N4/c1-4-31-85(32-5-1)87-59-63-90(64-60-87)103-41-16-24-53-123(103)131(97-70-75-102-94(80-97)68-67-89-35-10-11-40-101(89)102)99-72-77-111-110-46-15-19-48-116(110)130(121(111)83-99)119-51-22-28-57-127(119)134(128-58-29-23-52-120(128)130)96-39-30-36-92(79-96)93-69-74-107-108-76-71-98(82-114(108)106-44-13-12-43-105(106)113(107)81-93)132(124-54-25-17-42-104(124)91-65-61-88(62-66-91)86-33-6-2-7-34-86)100-73-78-112-109-45-14-18-47-115(109)129(122(112)84-100)117-49-20-26-55-125(117)133(95-37-8-3-9-38-95)126-56-27-21-50-118(126)129/h1-84H. The summed E-state index contributed by atoms with van der Waals surface area (Å²) in [6, 6.07) is 191. The van der Waals surface area contributed by atoms with Gasteiger partial charge in [-0.25, -0.2) is 0 Å². The summed E-state index contributed by atoms with van der Waals surface area (Å²) < 4.78 is 0. The predicted octanol–water partition coefficient (Wildman–Crippen LogP) is 35.0. The van der Waals surface area contributed by atoms with E-state index in [0.717, 1.165) is 90.3 Å². The molecule has 624 valence electrons. The average Bonchev–Trinajstić information content (AvgIpc) is 1.50. The van der Waals surface area contributed by atoms with Crippen molar-refractivity contribution < 1.29 is 0 Å². The van der Waals surface area contributed by atoms with Crippen molar-refractivity contribution in [3.63, 3.8) is 0 Å². The summed E-state index contributed by atoms with van der Waals surface area (Å²) in [5.74, 6) is 0. The minimum Gasteiger partial charge on any atom is -0.310 e. The third-order valence-corrected chi connectivity index (χ3v) is 29.2. The van der Waals surface area contributed by atoms with E-state index in [4.69, 9.17) is 0 Å². The molecule has 4 heteroatoms. The van der Waals surface area contributed by atoms with Crippen molar-refractivity contribution >= 4 is 122 Å². The molecule has 134 heavy (non-hydrogen) atoms. The van der Waals surface area contributed by atoms with E-state index in [1.165, 1.54) is 154 Å². The molecular weight excluding hydrogens is 1620 g/mol. The fourth-order valence-electron chi connectivity index (χ4n) is 23.5. The summed E-state index contributed by atoms with van der Waals surface area (Å²) in [6.45, 7) is 0. The Labute approximate surface area is 779 Å². The van der Waals surface area contributed by atoms with Crippen LogP contribution in [0.2, 0.25) is 0 Å². The lowest BCUT2D eigenvalue weighted by Crippen LogP contribution is -2.36. The van der Waals surface area contributed by atoms with Crippen LogP contribution >= 0.6 is 0 Å². The van der Waals surface area contributed by atoms with Crippen LogP contribution in [-0.4, -0.2) is 0 Å². The van der Waals surface area contributed by atoms with Gasteiger partial charge in [0.25, 0.3) is 0 Å². The second-order valence-corrected chi connectivity index (χ2v) is 36.0. The van der Waals surface area contributed by atoms with Crippen molar-refractivity contribution in [1.29, 1.82) is 0 Å². The molecule has 2 aliphatic heterocycles. The quantitative estimate of drug-likeness (QED) is 0.107.